The van der Waals surface area contributed by atoms with Gasteiger partial charge in [0.15, 0.2) is 0 Å². The van der Waals surface area contributed by atoms with Crippen molar-refractivity contribution in [1.82, 2.24) is 5.32 Å². The Morgan fingerprint density at radius 2 is 1.74 bits per heavy atom. The van der Waals surface area contributed by atoms with Crippen molar-refractivity contribution in [2.24, 2.45) is 0 Å². The Labute approximate surface area is 128 Å². The topological polar surface area (TPSA) is 12.0 Å². The molecule has 1 heterocycles. The highest BCUT2D eigenvalue weighted by atomic mass is 79.9. The van der Waals surface area contributed by atoms with Crippen LogP contribution in [0.15, 0.2) is 40.2 Å². The molecular weight excluding hydrogens is 318 g/mol. The van der Waals surface area contributed by atoms with E-state index in [1.54, 1.807) is 11.3 Å². The zero-order chi connectivity index (χ0) is 14.0. The number of benzene rings is 1. The molecule has 1 N–H and O–H groups in total. The van der Waals surface area contributed by atoms with Gasteiger partial charge >= 0.3 is 0 Å². The number of nitrogens with one attached hydrogen (secondary N) is 1. The van der Waals surface area contributed by atoms with Gasteiger partial charge in [-0.2, -0.15) is 0 Å². The van der Waals surface area contributed by atoms with Crippen molar-refractivity contribution in [1.29, 1.82) is 0 Å². The van der Waals surface area contributed by atoms with Gasteiger partial charge in [0.05, 0.1) is 6.04 Å². The van der Waals surface area contributed by atoms with E-state index >= 15 is 0 Å². The summed E-state index contributed by atoms with van der Waals surface area (Å²) in [6.07, 6.45) is 0. The number of halogens is 1. The zero-order valence-corrected chi connectivity index (χ0v) is 14.2. The second-order valence-corrected chi connectivity index (χ2v) is 7.53. The lowest BCUT2D eigenvalue weighted by Gasteiger charge is -2.21. The second kappa shape index (κ2) is 5.78. The molecule has 2 aromatic rings. The molecule has 0 radical (unpaired) electrons. The molecular formula is C16H20BrNS. The lowest BCUT2D eigenvalue weighted by molar-refractivity contribution is 0.589. The maximum atomic E-state index is 3.62. The highest BCUT2D eigenvalue weighted by Crippen LogP contribution is 2.33. The third-order valence-corrected chi connectivity index (χ3v) is 5.24. The molecule has 0 aliphatic rings. The zero-order valence-electron chi connectivity index (χ0n) is 11.8. The predicted octanol–water partition coefficient (Wildman–Crippen LogP) is 5.12. The van der Waals surface area contributed by atoms with Gasteiger partial charge in [-0.15, -0.1) is 11.3 Å². The van der Waals surface area contributed by atoms with E-state index in [-0.39, 0.29) is 11.5 Å². The Kier molecular flexibility index (Phi) is 4.49. The van der Waals surface area contributed by atoms with E-state index in [0.717, 1.165) is 0 Å². The largest absolute Gasteiger partial charge is 0.309 e. The summed E-state index contributed by atoms with van der Waals surface area (Å²) >= 11 is 5.40. The predicted molar refractivity (Wildman–Crippen MR) is 88.1 cm³/mol. The monoisotopic (exact) mass is 337 g/mol. The highest BCUT2D eigenvalue weighted by molar-refractivity contribution is 9.10. The number of hydrogen-bond donors (Lipinski definition) is 1. The number of hydrogen-bond acceptors (Lipinski definition) is 2. The lowest BCUT2D eigenvalue weighted by atomic mass is 9.86. The molecule has 0 fully saturated rings. The summed E-state index contributed by atoms with van der Waals surface area (Å²) in [5.74, 6) is 0. The summed E-state index contributed by atoms with van der Waals surface area (Å²) in [6.45, 7) is 6.73. The molecule has 0 saturated heterocycles. The third-order valence-electron chi connectivity index (χ3n) is 3.31. The van der Waals surface area contributed by atoms with Gasteiger partial charge in [-0.05, 0) is 51.0 Å². The van der Waals surface area contributed by atoms with Crippen LogP contribution < -0.4 is 5.32 Å². The quantitative estimate of drug-likeness (QED) is 0.819. The average Bonchev–Trinajstić information content (AvgIpc) is 2.76. The van der Waals surface area contributed by atoms with E-state index in [9.17, 15) is 0 Å². The Bertz CT molecular complexity index is 537. The molecule has 0 bridgehead atoms. The van der Waals surface area contributed by atoms with Gasteiger partial charge in [0.1, 0.15) is 0 Å². The van der Waals surface area contributed by atoms with Crippen LogP contribution in [0.1, 0.15) is 42.8 Å². The van der Waals surface area contributed by atoms with Crippen LogP contribution in [-0.2, 0) is 5.41 Å². The van der Waals surface area contributed by atoms with E-state index in [0.29, 0.717) is 0 Å². The fourth-order valence-electron chi connectivity index (χ4n) is 2.14. The van der Waals surface area contributed by atoms with Crippen LogP contribution in [0.3, 0.4) is 0 Å². The van der Waals surface area contributed by atoms with E-state index in [1.165, 1.54) is 20.5 Å². The molecule has 2 rings (SSSR count). The Morgan fingerprint density at radius 1 is 1.11 bits per heavy atom. The minimum atomic E-state index is 0.206. The first-order valence-corrected chi connectivity index (χ1v) is 8.11. The lowest BCUT2D eigenvalue weighted by Crippen LogP contribution is -2.17. The van der Waals surface area contributed by atoms with E-state index in [2.05, 4.69) is 77.7 Å². The van der Waals surface area contributed by atoms with Gasteiger partial charge in [0, 0.05) is 9.35 Å². The molecule has 0 aliphatic carbocycles. The maximum Gasteiger partial charge on any atom is 0.0680 e. The Hall–Kier alpha value is -0.640. The van der Waals surface area contributed by atoms with Crippen LogP contribution in [0.4, 0.5) is 0 Å². The van der Waals surface area contributed by atoms with E-state index in [1.807, 2.05) is 7.05 Å². The molecule has 1 aromatic heterocycles. The third kappa shape index (κ3) is 3.28. The average molecular weight is 338 g/mol. The van der Waals surface area contributed by atoms with Gasteiger partial charge < -0.3 is 5.32 Å². The molecule has 19 heavy (non-hydrogen) atoms. The fraction of sp³-hybridized carbons (Fsp3) is 0.375. The minimum Gasteiger partial charge on any atom is -0.309 e. The summed E-state index contributed by atoms with van der Waals surface area (Å²) in [5, 5.41) is 5.52. The van der Waals surface area contributed by atoms with Crippen LogP contribution in [-0.4, -0.2) is 7.05 Å². The van der Waals surface area contributed by atoms with Gasteiger partial charge in [-0.1, -0.05) is 45.0 Å². The minimum absolute atomic E-state index is 0.206. The van der Waals surface area contributed by atoms with E-state index in [4.69, 9.17) is 0 Å². The standard InChI is InChI=1S/C16H20BrNS/c1-16(2,3)12-7-5-11(6-8-12)14(18-4)15-13(17)9-10-19-15/h5-10,14,18H,1-4H3. The van der Waals surface area contributed by atoms with Crippen LogP contribution >= 0.6 is 27.3 Å². The van der Waals surface area contributed by atoms with Crippen molar-refractivity contribution in [3.8, 4) is 0 Å². The van der Waals surface area contributed by atoms with Crippen molar-refractivity contribution in [2.75, 3.05) is 7.05 Å². The number of thiophene rings is 1. The molecule has 1 atom stereocenters. The first-order valence-electron chi connectivity index (χ1n) is 6.44. The highest BCUT2D eigenvalue weighted by Gasteiger charge is 2.18. The van der Waals surface area contributed by atoms with Gasteiger partial charge in [0.25, 0.3) is 0 Å². The molecule has 102 valence electrons. The number of rotatable bonds is 3. The smallest absolute Gasteiger partial charge is 0.0680 e. The summed E-state index contributed by atoms with van der Waals surface area (Å²) < 4.78 is 1.18. The van der Waals surface area contributed by atoms with Crippen LogP contribution in [0.2, 0.25) is 0 Å². The van der Waals surface area contributed by atoms with Crippen LogP contribution in [0.5, 0.6) is 0 Å². The van der Waals surface area contributed by atoms with Crippen molar-refractivity contribution in [3.63, 3.8) is 0 Å². The molecule has 0 spiro atoms. The first-order chi connectivity index (χ1) is 8.93. The summed E-state index contributed by atoms with van der Waals surface area (Å²) in [5.41, 5.74) is 2.88. The van der Waals surface area contributed by atoms with Crippen molar-refractivity contribution in [3.05, 3.63) is 56.2 Å². The molecule has 3 heteroatoms. The van der Waals surface area contributed by atoms with Gasteiger partial charge in [-0.25, -0.2) is 0 Å². The molecule has 0 amide bonds. The Balaban J connectivity index is 2.33. The first kappa shape index (κ1) is 14.8. The molecule has 1 aromatic carbocycles. The normalized spacial score (nSPS) is 13.5. The van der Waals surface area contributed by atoms with Crippen molar-refractivity contribution >= 4 is 27.3 Å². The van der Waals surface area contributed by atoms with Crippen LogP contribution in [0.25, 0.3) is 0 Å². The van der Waals surface area contributed by atoms with Crippen molar-refractivity contribution in [2.45, 2.75) is 32.2 Å². The SMILES string of the molecule is CNC(c1ccc(C(C)(C)C)cc1)c1sccc1Br. The van der Waals surface area contributed by atoms with E-state index < -0.39 is 0 Å². The molecule has 1 unspecified atom stereocenters. The fourth-order valence-corrected chi connectivity index (χ4v) is 3.87. The Morgan fingerprint density at radius 3 is 2.16 bits per heavy atom. The van der Waals surface area contributed by atoms with Crippen molar-refractivity contribution < 1.29 is 0 Å². The van der Waals surface area contributed by atoms with Gasteiger partial charge in [-0.3, -0.25) is 0 Å². The summed E-state index contributed by atoms with van der Waals surface area (Å²) in [7, 11) is 2.01. The second-order valence-electron chi connectivity index (χ2n) is 5.73. The van der Waals surface area contributed by atoms with Crippen LogP contribution in [0, 0.1) is 0 Å². The molecule has 0 aliphatic heterocycles. The molecule has 1 nitrogen and oxygen atoms in total. The summed E-state index contributed by atoms with van der Waals surface area (Å²) in [4.78, 5) is 1.33. The molecule has 0 saturated carbocycles. The van der Waals surface area contributed by atoms with Gasteiger partial charge in [0.2, 0.25) is 0 Å². The summed E-state index contributed by atoms with van der Waals surface area (Å²) in [6, 6.07) is 11.3. The maximum absolute atomic E-state index is 3.62.